The molecule has 0 bridgehead atoms. The molecule has 1 aliphatic carbocycles. The number of amides is 1. The Labute approximate surface area is 153 Å². The first-order valence-corrected chi connectivity index (χ1v) is 9.93. The van der Waals surface area contributed by atoms with Crippen LogP contribution in [-0.2, 0) is 23.5 Å². The molecule has 138 valence electrons. The number of fused-ring (bicyclic) bond motifs is 1. The molecule has 8 heteroatoms. The number of hydrogen-bond acceptors (Lipinski definition) is 4. The number of hydrogen-bond donors (Lipinski definition) is 2. The van der Waals surface area contributed by atoms with Crippen LogP contribution < -0.4 is 10.0 Å². The maximum absolute atomic E-state index is 12.7. The van der Waals surface area contributed by atoms with Crippen LogP contribution in [0.2, 0.25) is 0 Å². The summed E-state index contributed by atoms with van der Waals surface area (Å²) in [5.41, 5.74) is 2.47. The van der Waals surface area contributed by atoms with Crippen LogP contribution in [0.4, 0.5) is 0 Å². The summed E-state index contributed by atoms with van der Waals surface area (Å²) in [6.45, 7) is 3.62. The molecule has 1 aliphatic rings. The number of aromatic nitrogens is 2. The predicted octanol–water partition coefficient (Wildman–Crippen LogP) is 1.69. The van der Waals surface area contributed by atoms with Gasteiger partial charge in [0, 0.05) is 30.4 Å². The summed E-state index contributed by atoms with van der Waals surface area (Å²) in [4.78, 5) is 12.7. The third-order valence-corrected chi connectivity index (χ3v) is 5.93. The molecule has 1 aromatic carbocycles. The van der Waals surface area contributed by atoms with Gasteiger partial charge in [0.25, 0.3) is 5.91 Å². The molecule has 0 saturated heterocycles. The third-order valence-electron chi connectivity index (χ3n) is 4.51. The number of carbonyl (C=O) groups is 1. The zero-order valence-electron chi connectivity index (χ0n) is 14.6. The van der Waals surface area contributed by atoms with Gasteiger partial charge in [-0.2, -0.15) is 5.10 Å². The molecule has 2 N–H and O–H groups in total. The van der Waals surface area contributed by atoms with Crippen molar-refractivity contribution in [1.29, 1.82) is 0 Å². The van der Waals surface area contributed by atoms with E-state index in [0.29, 0.717) is 5.56 Å². The topological polar surface area (TPSA) is 93.1 Å². The summed E-state index contributed by atoms with van der Waals surface area (Å²) in [6, 6.07) is 5.90. The maximum atomic E-state index is 12.7. The zero-order chi connectivity index (χ0) is 18.7. The summed E-state index contributed by atoms with van der Waals surface area (Å²) < 4.78 is 28.7. The number of rotatable bonds is 6. The van der Waals surface area contributed by atoms with Crippen molar-refractivity contribution in [3.63, 3.8) is 0 Å². The minimum atomic E-state index is -3.67. The second kappa shape index (κ2) is 7.43. The minimum Gasteiger partial charge on any atom is -0.345 e. The summed E-state index contributed by atoms with van der Waals surface area (Å²) in [6.07, 6.45) is 6.00. The Balaban J connectivity index is 1.79. The highest BCUT2D eigenvalue weighted by atomic mass is 32.2. The van der Waals surface area contributed by atoms with E-state index in [4.69, 9.17) is 0 Å². The first-order valence-electron chi connectivity index (χ1n) is 8.44. The smallest absolute Gasteiger partial charge is 0.251 e. The molecule has 0 saturated carbocycles. The van der Waals surface area contributed by atoms with E-state index in [-0.39, 0.29) is 23.4 Å². The van der Waals surface area contributed by atoms with Crippen LogP contribution in [0.3, 0.4) is 0 Å². The van der Waals surface area contributed by atoms with E-state index in [1.165, 1.54) is 18.2 Å². The molecule has 0 radical (unpaired) electrons. The molecule has 0 aliphatic heterocycles. The summed E-state index contributed by atoms with van der Waals surface area (Å²) in [5.74, 6) is -0.299. The van der Waals surface area contributed by atoms with Crippen molar-refractivity contribution < 1.29 is 13.2 Å². The number of nitrogens with zero attached hydrogens (tertiary/aromatic N) is 2. The molecule has 1 amide bonds. The predicted molar refractivity (Wildman–Crippen MR) is 98.2 cm³/mol. The number of nitrogens with one attached hydrogen (secondary N) is 2. The third kappa shape index (κ3) is 3.71. The molecule has 0 fully saturated rings. The normalized spacial score (nSPS) is 16.7. The van der Waals surface area contributed by atoms with Crippen molar-refractivity contribution in [1.82, 2.24) is 19.8 Å². The molecular formula is C18H22N4O3S. The number of aryl methyl sites for hydroxylation is 1. The lowest BCUT2D eigenvalue weighted by atomic mass is 9.93. The van der Waals surface area contributed by atoms with Crippen LogP contribution in [0.1, 0.15) is 40.5 Å². The van der Waals surface area contributed by atoms with Crippen LogP contribution in [0, 0.1) is 0 Å². The monoisotopic (exact) mass is 374 g/mol. The van der Waals surface area contributed by atoms with E-state index < -0.39 is 10.0 Å². The Morgan fingerprint density at radius 1 is 1.46 bits per heavy atom. The van der Waals surface area contributed by atoms with Crippen molar-refractivity contribution in [2.45, 2.75) is 30.2 Å². The first-order chi connectivity index (χ1) is 12.4. The van der Waals surface area contributed by atoms with Gasteiger partial charge in [-0.1, -0.05) is 12.1 Å². The fourth-order valence-electron chi connectivity index (χ4n) is 3.15. The highest BCUT2D eigenvalue weighted by molar-refractivity contribution is 7.89. The van der Waals surface area contributed by atoms with Crippen molar-refractivity contribution in [2.75, 3.05) is 6.54 Å². The van der Waals surface area contributed by atoms with E-state index in [0.717, 1.165) is 30.5 Å². The number of sulfonamides is 1. The van der Waals surface area contributed by atoms with Crippen molar-refractivity contribution in [2.24, 2.45) is 7.05 Å². The van der Waals surface area contributed by atoms with Crippen molar-refractivity contribution in [3.05, 3.63) is 59.9 Å². The Kier molecular flexibility index (Phi) is 5.24. The molecule has 3 rings (SSSR count). The van der Waals surface area contributed by atoms with E-state index in [1.807, 2.05) is 11.7 Å². The van der Waals surface area contributed by atoms with Crippen LogP contribution >= 0.6 is 0 Å². The first kappa shape index (κ1) is 18.3. The summed E-state index contributed by atoms with van der Waals surface area (Å²) in [7, 11) is -1.77. The summed E-state index contributed by atoms with van der Waals surface area (Å²) in [5, 5.41) is 7.28. The molecule has 1 atom stereocenters. The SMILES string of the molecule is C=CCNS(=O)(=O)c1cccc(C(=O)NC2CCCc3c2cnn3C)c1. The van der Waals surface area contributed by atoms with Gasteiger partial charge in [-0.3, -0.25) is 9.48 Å². The van der Waals surface area contributed by atoms with Gasteiger partial charge >= 0.3 is 0 Å². The largest absolute Gasteiger partial charge is 0.345 e. The molecule has 26 heavy (non-hydrogen) atoms. The van der Waals surface area contributed by atoms with E-state index in [2.05, 4.69) is 21.7 Å². The lowest BCUT2D eigenvalue weighted by Gasteiger charge is -2.24. The quantitative estimate of drug-likeness (QED) is 0.753. The fourth-order valence-corrected chi connectivity index (χ4v) is 4.20. The average molecular weight is 374 g/mol. The zero-order valence-corrected chi connectivity index (χ0v) is 15.4. The van der Waals surface area contributed by atoms with Crippen LogP contribution in [-0.4, -0.2) is 30.7 Å². The Hall–Kier alpha value is -2.45. The van der Waals surface area contributed by atoms with Crippen LogP contribution in [0.5, 0.6) is 0 Å². The molecular weight excluding hydrogens is 352 g/mol. The second-order valence-corrected chi connectivity index (χ2v) is 8.02. The second-order valence-electron chi connectivity index (χ2n) is 6.26. The number of benzene rings is 1. The Morgan fingerprint density at radius 3 is 3.04 bits per heavy atom. The van der Waals surface area contributed by atoms with Gasteiger partial charge in [-0.15, -0.1) is 6.58 Å². The molecule has 1 unspecified atom stereocenters. The van der Waals surface area contributed by atoms with Gasteiger partial charge in [-0.25, -0.2) is 13.1 Å². The van der Waals surface area contributed by atoms with Crippen LogP contribution in [0.15, 0.2) is 48.0 Å². The fraction of sp³-hybridized carbons (Fsp3) is 0.333. The van der Waals surface area contributed by atoms with Gasteiger partial charge in [-0.05, 0) is 37.5 Å². The highest BCUT2D eigenvalue weighted by Gasteiger charge is 2.25. The molecule has 2 aromatic rings. The van der Waals surface area contributed by atoms with Gasteiger partial charge in [0.1, 0.15) is 0 Å². The molecule has 1 heterocycles. The Morgan fingerprint density at radius 2 is 2.27 bits per heavy atom. The van der Waals surface area contributed by atoms with E-state index in [1.54, 1.807) is 18.3 Å². The Bertz CT molecular complexity index is 934. The average Bonchev–Trinajstić information content (AvgIpc) is 3.02. The van der Waals surface area contributed by atoms with Gasteiger partial charge in [0.2, 0.25) is 10.0 Å². The maximum Gasteiger partial charge on any atom is 0.251 e. The summed E-state index contributed by atoms with van der Waals surface area (Å²) >= 11 is 0. The molecule has 0 spiro atoms. The standard InChI is InChI=1S/C18H22N4O3S/c1-3-10-20-26(24,25)14-7-4-6-13(11-14)18(23)21-16-8-5-9-17-15(16)12-19-22(17)2/h3-4,6-7,11-12,16,20H,1,5,8-10H2,2H3,(H,21,23). The highest BCUT2D eigenvalue weighted by Crippen LogP contribution is 2.29. The lowest BCUT2D eigenvalue weighted by Crippen LogP contribution is -2.31. The van der Waals surface area contributed by atoms with Crippen molar-refractivity contribution >= 4 is 15.9 Å². The van der Waals surface area contributed by atoms with Gasteiger partial charge < -0.3 is 5.32 Å². The number of carbonyl (C=O) groups excluding carboxylic acids is 1. The molecule has 1 aromatic heterocycles. The molecule has 7 nitrogen and oxygen atoms in total. The van der Waals surface area contributed by atoms with Crippen molar-refractivity contribution in [3.8, 4) is 0 Å². The lowest BCUT2D eigenvalue weighted by molar-refractivity contribution is 0.0932. The minimum absolute atomic E-state index is 0.0534. The van der Waals surface area contributed by atoms with E-state index in [9.17, 15) is 13.2 Å². The van der Waals surface area contributed by atoms with Crippen LogP contribution in [0.25, 0.3) is 0 Å². The van der Waals surface area contributed by atoms with Gasteiger partial charge in [0.05, 0.1) is 17.1 Å². The van der Waals surface area contributed by atoms with Gasteiger partial charge in [0.15, 0.2) is 0 Å². The van der Waals surface area contributed by atoms with E-state index >= 15 is 0 Å².